The van der Waals surface area contributed by atoms with Crippen LogP contribution in [0.2, 0.25) is 0 Å². The first-order valence-electron chi connectivity index (χ1n) is 6.06. The number of H-pyrrole nitrogens is 1. The number of carbonyl (C=O) groups excluding carboxylic acids is 1. The van der Waals surface area contributed by atoms with Crippen LogP contribution >= 0.6 is 0 Å². The summed E-state index contributed by atoms with van der Waals surface area (Å²) >= 11 is 0. The number of nitrogens with two attached hydrogens (primary N) is 1. The summed E-state index contributed by atoms with van der Waals surface area (Å²) < 4.78 is 5.05. The number of fused-ring (bicyclic) bond motifs is 1. The maximum absolute atomic E-state index is 11.9. The van der Waals surface area contributed by atoms with Gasteiger partial charge in [-0.25, -0.2) is 0 Å². The number of hydrogen-bond donors (Lipinski definition) is 4. The second-order valence-electron chi connectivity index (χ2n) is 4.09. The van der Waals surface area contributed by atoms with Crippen molar-refractivity contribution in [2.24, 2.45) is 0 Å². The number of hydrogen-bond acceptors (Lipinski definition) is 4. The summed E-state index contributed by atoms with van der Waals surface area (Å²) in [6.45, 7) is 1.02. The SMILES string of the molecule is Nc1cccc2cc(C(=O)NCCOCCO)[nH]c12. The third-order valence-corrected chi connectivity index (χ3v) is 2.70. The van der Waals surface area contributed by atoms with Gasteiger partial charge in [0, 0.05) is 11.9 Å². The Kier molecular flexibility index (Phi) is 4.38. The van der Waals surface area contributed by atoms with Gasteiger partial charge in [0.2, 0.25) is 0 Å². The van der Waals surface area contributed by atoms with Crippen LogP contribution in [0.1, 0.15) is 10.5 Å². The van der Waals surface area contributed by atoms with Crippen LogP contribution in [0.25, 0.3) is 10.9 Å². The highest BCUT2D eigenvalue weighted by molar-refractivity contribution is 6.00. The Morgan fingerprint density at radius 2 is 2.26 bits per heavy atom. The summed E-state index contributed by atoms with van der Waals surface area (Å²) in [7, 11) is 0. The molecule has 0 aliphatic heterocycles. The van der Waals surface area contributed by atoms with Crippen LogP contribution < -0.4 is 11.1 Å². The van der Waals surface area contributed by atoms with Crippen molar-refractivity contribution >= 4 is 22.5 Å². The molecule has 0 aliphatic rings. The molecule has 2 aromatic rings. The fourth-order valence-corrected chi connectivity index (χ4v) is 1.80. The number of anilines is 1. The molecule has 0 radical (unpaired) electrons. The summed E-state index contributed by atoms with van der Waals surface area (Å²) in [5.74, 6) is -0.205. The predicted octanol–water partition coefficient (Wildman–Crippen LogP) is 0.489. The van der Waals surface area contributed by atoms with Crippen molar-refractivity contribution in [1.82, 2.24) is 10.3 Å². The lowest BCUT2D eigenvalue weighted by Crippen LogP contribution is -2.27. The highest BCUT2D eigenvalue weighted by Crippen LogP contribution is 2.20. The molecule has 2 rings (SSSR count). The van der Waals surface area contributed by atoms with Crippen molar-refractivity contribution in [3.8, 4) is 0 Å². The van der Waals surface area contributed by atoms with E-state index in [2.05, 4.69) is 10.3 Å². The van der Waals surface area contributed by atoms with Gasteiger partial charge < -0.3 is 25.9 Å². The highest BCUT2D eigenvalue weighted by Gasteiger charge is 2.09. The molecule has 0 atom stereocenters. The zero-order chi connectivity index (χ0) is 13.7. The maximum atomic E-state index is 11.9. The minimum atomic E-state index is -0.205. The van der Waals surface area contributed by atoms with Crippen LogP contribution in [-0.2, 0) is 4.74 Å². The van der Waals surface area contributed by atoms with Gasteiger partial charge in [0.05, 0.1) is 31.0 Å². The van der Waals surface area contributed by atoms with E-state index in [9.17, 15) is 4.79 Å². The Morgan fingerprint density at radius 1 is 1.42 bits per heavy atom. The molecule has 0 aliphatic carbocycles. The Labute approximate surface area is 110 Å². The van der Waals surface area contributed by atoms with Gasteiger partial charge in [-0.05, 0) is 12.1 Å². The first kappa shape index (κ1) is 13.4. The topological polar surface area (TPSA) is 100 Å². The van der Waals surface area contributed by atoms with Crippen molar-refractivity contribution in [3.63, 3.8) is 0 Å². The van der Waals surface area contributed by atoms with Crippen LogP contribution in [0.15, 0.2) is 24.3 Å². The van der Waals surface area contributed by atoms with E-state index in [1.165, 1.54) is 0 Å². The second kappa shape index (κ2) is 6.21. The quantitative estimate of drug-likeness (QED) is 0.450. The van der Waals surface area contributed by atoms with E-state index in [1.54, 1.807) is 12.1 Å². The number of carbonyl (C=O) groups is 1. The normalized spacial score (nSPS) is 10.8. The summed E-state index contributed by atoms with van der Waals surface area (Å²) in [5.41, 5.74) is 7.67. The van der Waals surface area contributed by atoms with Crippen LogP contribution in [0.5, 0.6) is 0 Å². The number of nitrogens with one attached hydrogen (secondary N) is 2. The van der Waals surface area contributed by atoms with Crippen LogP contribution in [0, 0.1) is 0 Å². The molecule has 0 saturated carbocycles. The first-order valence-corrected chi connectivity index (χ1v) is 6.06. The third-order valence-electron chi connectivity index (χ3n) is 2.70. The van der Waals surface area contributed by atoms with E-state index in [4.69, 9.17) is 15.6 Å². The fourth-order valence-electron chi connectivity index (χ4n) is 1.80. The summed E-state index contributed by atoms with van der Waals surface area (Å²) in [5, 5.41) is 12.2. The lowest BCUT2D eigenvalue weighted by Gasteiger charge is -2.04. The third kappa shape index (κ3) is 3.24. The molecule has 0 saturated heterocycles. The highest BCUT2D eigenvalue weighted by atomic mass is 16.5. The summed E-state index contributed by atoms with van der Waals surface area (Å²) in [6.07, 6.45) is 0. The predicted molar refractivity (Wildman–Crippen MR) is 72.9 cm³/mol. The Morgan fingerprint density at radius 3 is 3.00 bits per heavy atom. The van der Waals surface area contributed by atoms with Crippen molar-refractivity contribution in [2.75, 3.05) is 32.1 Å². The van der Waals surface area contributed by atoms with Crippen molar-refractivity contribution < 1.29 is 14.6 Å². The second-order valence-corrected chi connectivity index (χ2v) is 4.09. The van der Waals surface area contributed by atoms with Gasteiger partial charge in [-0.1, -0.05) is 12.1 Å². The number of aliphatic hydroxyl groups excluding tert-OH is 1. The maximum Gasteiger partial charge on any atom is 0.267 e. The molecule has 19 heavy (non-hydrogen) atoms. The molecule has 1 heterocycles. The van der Waals surface area contributed by atoms with Gasteiger partial charge in [0.15, 0.2) is 0 Å². The van der Waals surface area contributed by atoms with E-state index in [0.29, 0.717) is 24.5 Å². The average Bonchev–Trinajstić information content (AvgIpc) is 2.84. The number of aliphatic hydroxyl groups is 1. The Bertz CT molecular complexity index is 565. The van der Waals surface area contributed by atoms with Crippen molar-refractivity contribution in [2.45, 2.75) is 0 Å². The number of aromatic nitrogens is 1. The lowest BCUT2D eigenvalue weighted by molar-refractivity contribution is 0.0835. The van der Waals surface area contributed by atoms with E-state index in [1.807, 2.05) is 12.1 Å². The van der Waals surface area contributed by atoms with Crippen molar-refractivity contribution in [1.29, 1.82) is 0 Å². The molecule has 102 valence electrons. The standard InChI is InChI=1S/C13H17N3O3/c14-10-3-1-2-9-8-11(16-12(9)10)13(18)15-4-6-19-7-5-17/h1-3,8,16-17H,4-7,14H2,(H,15,18). The molecular formula is C13H17N3O3. The molecule has 1 aromatic heterocycles. The number of aromatic amines is 1. The molecular weight excluding hydrogens is 246 g/mol. The van der Waals surface area contributed by atoms with Crippen LogP contribution in [0.4, 0.5) is 5.69 Å². The number of nitrogen functional groups attached to an aromatic ring is 1. The van der Waals surface area contributed by atoms with E-state index in [0.717, 1.165) is 10.9 Å². The van der Waals surface area contributed by atoms with E-state index >= 15 is 0 Å². The van der Waals surface area contributed by atoms with Crippen molar-refractivity contribution in [3.05, 3.63) is 30.0 Å². The number of benzene rings is 1. The lowest BCUT2D eigenvalue weighted by atomic mass is 10.2. The first-order chi connectivity index (χ1) is 9.22. The van der Waals surface area contributed by atoms with Crippen LogP contribution in [0.3, 0.4) is 0 Å². The minimum Gasteiger partial charge on any atom is -0.397 e. The number of amides is 1. The molecule has 1 aromatic carbocycles. The summed E-state index contributed by atoms with van der Waals surface area (Å²) in [4.78, 5) is 14.9. The van der Waals surface area contributed by atoms with E-state index in [-0.39, 0.29) is 19.1 Å². The number of ether oxygens (including phenoxy) is 1. The molecule has 0 unspecified atom stereocenters. The molecule has 5 N–H and O–H groups in total. The van der Waals surface area contributed by atoms with Gasteiger partial charge in [0.25, 0.3) is 5.91 Å². The minimum absolute atomic E-state index is 0.0186. The fraction of sp³-hybridized carbons (Fsp3) is 0.308. The average molecular weight is 263 g/mol. The number of rotatable bonds is 6. The zero-order valence-electron chi connectivity index (χ0n) is 10.5. The Hall–Kier alpha value is -2.05. The van der Waals surface area contributed by atoms with E-state index < -0.39 is 0 Å². The van der Waals surface area contributed by atoms with Gasteiger partial charge >= 0.3 is 0 Å². The van der Waals surface area contributed by atoms with Crippen LogP contribution in [-0.4, -0.2) is 42.4 Å². The monoisotopic (exact) mass is 263 g/mol. The van der Waals surface area contributed by atoms with Gasteiger partial charge in [-0.3, -0.25) is 4.79 Å². The molecule has 6 nitrogen and oxygen atoms in total. The number of para-hydroxylation sites is 1. The zero-order valence-corrected chi connectivity index (χ0v) is 10.5. The molecule has 0 fully saturated rings. The molecule has 0 spiro atoms. The molecule has 6 heteroatoms. The van der Waals surface area contributed by atoms with Gasteiger partial charge in [-0.15, -0.1) is 0 Å². The van der Waals surface area contributed by atoms with Gasteiger partial charge in [0.1, 0.15) is 5.69 Å². The smallest absolute Gasteiger partial charge is 0.267 e. The summed E-state index contributed by atoms with van der Waals surface area (Å²) in [6, 6.07) is 7.28. The Balaban J connectivity index is 1.96. The molecule has 0 bridgehead atoms. The molecule has 1 amide bonds. The largest absolute Gasteiger partial charge is 0.397 e. The van der Waals surface area contributed by atoms with Gasteiger partial charge in [-0.2, -0.15) is 0 Å².